The second-order valence-corrected chi connectivity index (χ2v) is 7.49. The highest BCUT2D eigenvalue weighted by molar-refractivity contribution is 5.73. The molecule has 0 fully saturated rings. The summed E-state index contributed by atoms with van der Waals surface area (Å²) in [4.78, 5) is 13.6. The molecule has 0 radical (unpaired) electrons. The predicted octanol–water partition coefficient (Wildman–Crippen LogP) is 4.38. The quantitative estimate of drug-likeness (QED) is 0.839. The van der Waals surface area contributed by atoms with E-state index in [4.69, 9.17) is 4.74 Å². The van der Waals surface area contributed by atoms with Crippen LogP contribution in [-0.2, 0) is 24.3 Å². The molecule has 1 amide bonds. The standard InChI is InChI=1S/C22H28N2O2/c1-5-24(16(2)25)15-19-9-6-7-12-20(19)23-14-18-11-8-10-17-13-22(3,4)26-21(17)18/h6-12,23H,5,13-15H2,1-4H3. The molecule has 3 rings (SSSR count). The Bertz CT molecular complexity index is 798. The molecule has 1 heterocycles. The summed E-state index contributed by atoms with van der Waals surface area (Å²) in [6.45, 7) is 9.89. The first kappa shape index (κ1) is 18.3. The van der Waals surface area contributed by atoms with Crippen LogP contribution in [0.25, 0.3) is 0 Å². The number of anilines is 1. The van der Waals surface area contributed by atoms with Crippen molar-refractivity contribution in [2.24, 2.45) is 0 Å². The third-order valence-electron chi connectivity index (χ3n) is 4.85. The lowest BCUT2D eigenvalue weighted by atomic mass is 10.0. The van der Waals surface area contributed by atoms with E-state index in [-0.39, 0.29) is 11.5 Å². The Balaban J connectivity index is 1.76. The van der Waals surface area contributed by atoms with E-state index in [1.54, 1.807) is 6.92 Å². The second kappa shape index (κ2) is 7.40. The fourth-order valence-electron chi connectivity index (χ4n) is 3.49. The zero-order chi connectivity index (χ0) is 18.7. The molecule has 4 heteroatoms. The zero-order valence-electron chi connectivity index (χ0n) is 16.1. The van der Waals surface area contributed by atoms with Gasteiger partial charge in [-0.05, 0) is 38.0 Å². The summed E-state index contributed by atoms with van der Waals surface area (Å²) >= 11 is 0. The highest BCUT2D eigenvalue weighted by Crippen LogP contribution is 2.37. The van der Waals surface area contributed by atoms with Gasteiger partial charge in [-0.2, -0.15) is 0 Å². The van der Waals surface area contributed by atoms with E-state index in [0.717, 1.165) is 23.4 Å². The van der Waals surface area contributed by atoms with Gasteiger partial charge in [0.25, 0.3) is 0 Å². The molecule has 0 spiro atoms. The molecule has 26 heavy (non-hydrogen) atoms. The molecule has 0 unspecified atom stereocenters. The number of ether oxygens (including phenoxy) is 1. The first-order chi connectivity index (χ1) is 12.4. The van der Waals surface area contributed by atoms with E-state index in [9.17, 15) is 4.79 Å². The molecule has 138 valence electrons. The van der Waals surface area contributed by atoms with Crippen LogP contribution in [0.4, 0.5) is 5.69 Å². The summed E-state index contributed by atoms with van der Waals surface area (Å²) in [5, 5.41) is 3.54. The molecule has 0 atom stereocenters. The first-order valence-electron chi connectivity index (χ1n) is 9.26. The van der Waals surface area contributed by atoms with Crippen molar-refractivity contribution in [2.45, 2.75) is 52.8 Å². The lowest BCUT2D eigenvalue weighted by molar-refractivity contribution is -0.129. The molecule has 0 bridgehead atoms. The minimum atomic E-state index is -0.139. The summed E-state index contributed by atoms with van der Waals surface area (Å²) in [6.07, 6.45) is 0.941. The maximum Gasteiger partial charge on any atom is 0.219 e. The number of fused-ring (bicyclic) bond motifs is 1. The second-order valence-electron chi connectivity index (χ2n) is 7.49. The first-order valence-corrected chi connectivity index (χ1v) is 9.26. The van der Waals surface area contributed by atoms with Crippen molar-refractivity contribution in [3.63, 3.8) is 0 Å². The molecule has 1 aliphatic heterocycles. The van der Waals surface area contributed by atoms with Crippen LogP contribution in [0.3, 0.4) is 0 Å². The fourth-order valence-corrected chi connectivity index (χ4v) is 3.49. The average molecular weight is 352 g/mol. The summed E-state index contributed by atoms with van der Waals surface area (Å²) < 4.78 is 6.16. The largest absolute Gasteiger partial charge is 0.487 e. The van der Waals surface area contributed by atoms with Gasteiger partial charge in [0, 0.05) is 44.2 Å². The Morgan fingerprint density at radius 1 is 1.15 bits per heavy atom. The van der Waals surface area contributed by atoms with Crippen molar-refractivity contribution in [2.75, 3.05) is 11.9 Å². The van der Waals surface area contributed by atoms with Crippen molar-refractivity contribution in [1.29, 1.82) is 0 Å². The van der Waals surface area contributed by atoms with Gasteiger partial charge >= 0.3 is 0 Å². The van der Waals surface area contributed by atoms with Crippen LogP contribution >= 0.6 is 0 Å². The number of amides is 1. The normalized spacial score (nSPS) is 14.5. The maximum atomic E-state index is 11.7. The van der Waals surface area contributed by atoms with Crippen LogP contribution in [0, 0.1) is 0 Å². The number of hydrogen-bond donors (Lipinski definition) is 1. The molecule has 2 aromatic rings. The van der Waals surface area contributed by atoms with Crippen LogP contribution in [-0.4, -0.2) is 23.0 Å². The monoisotopic (exact) mass is 352 g/mol. The van der Waals surface area contributed by atoms with Gasteiger partial charge in [-0.3, -0.25) is 4.79 Å². The lowest BCUT2D eigenvalue weighted by Gasteiger charge is -2.22. The van der Waals surface area contributed by atoms with Gasteiger partial charge in [0.1, 0.15) is 11.4 Å². The van der Waals surface area contributed by atoms with Crippen molar-refractivity contribution < 1.29 is 9.53 Å². The van der Waals surface area contributed by atoms with Crippen LogP contribution in [0.2, 0.25) is 0 Å². The van der Waals surface area contributed by atoms with E-state index in [0.29, 0.717) is 19.6 Å². The predicted molar refractivity (Wildman–Crippen MR) is 105 cm³/mol. The Hall–Kier alpha value is -2.49. The number of nitrogens with zero attached hydrogens (tertiary/aromatic N) is 1. The third-order valence-corrected chi connectivity index (χ3v) is 4.85. The van der Waals surface area contributed by atoms with Gasteiger partial charge in [-0.15, -0.1) is 0 Å². The molecule has 1 N–H and O–H groups in total. The average Bonchev–Trinajstić information content (AvgIpc) is 2.92. The van der Waals surface area contributed by atoms with Gasteiger partial charge in [0.2, 0.25) is 5.91 Å². The number of rotatable bonds is 6. The van der Waals surface area contributed by atoms with Crippen LogP contribution < -0.4 is 10.1 Å². The highest BCUT2D eigenvalue weighted by atomic mass is 16.5. The van der Waals surface area contributed by atoms with Crippen LogP contribution in [0.5, 0.6) is 5.75 Å². The molecule has 4 nitrogen and oxygen atoms in total. The van der Waals surface area contributed by atoms with Crippen LogP contribution in [0.15, 0.2) is 42.5 Å². The zero-order valence-corrected chi connectivity index (χ0v) is 16.1. The molecule has 2 aromatic carbocycles. The summed E-state index contributed by atoms with van der Waals surface area (Å²) in [6, 6.07) is 14.5. The van der Waals surface area contributed by atoms with Crippen molar-refractivity contribution in [3.8, 4) is 5.75 Å². The molecule has 0 aromatic heterocycles. The van der Waals surface area contributed by atoms with Gasteiger partial charge < -0.3 is 15.0 Å². The number of benzene rings is 2. The summed E-state index contributed by atoms with van der Waals surface area (Å²) in [5.41, 5.74) is 4.48. The topological polar surface area (TPSA) is 41.6 Å². The van der Waals surface area contributed by atoms with E-state index in [1.165, 1.54) is 11.1 Å². The van der Waals surface area contributed by atoms with E-state index in [2.05, 4.69) is 49.5 Å². The Kier molecular flexibility index (Phi) is 5.21. The van der Waals surface area contributed by atoms with E-state index < -0.39 is 0 Å². The lowest BCUT2D eigenvalue weighted by Crippen LogP contribution is -2.28. The van der Waals surface area contributed by atoms with Crippen molar-refractivity contribution in [3.05, 3.63) is 59.2 Å². The van der Waals surface area contributed by atoms with Crippen molar-refractivity contribution >= 4 is 11.6 Å². The minimum absolute atomic E-state index is 0.0961. The Morgan fingerprint density at radius 3 is 2.62 bits per heavy atom. The number of carbonyl (C=O) groups excluding carboxylic acids is 1. The third kappa shape index (κ3) is 4.01. The van der Waals surface area contributed by atoms with Crippen molar-refractivity contribution in [1.82, 2.24) is 4.90 Å². The van der Waals surface area contributed by atoms with Gasteiger partial charge in [-0.25, -0.2) is 0 Å². The Labute approximate surface area is 156 Å². The SMILES string of the molecule is CCN(Cc1ccccc1NCc1cccc2c1OC(C)(C)C2)C(C)=O. The number of carbonyl (C=O) groups is 1. The number of hydrogen-bond acceptors (Lipinski definition) is 3. The van der Waals surface area contributed by atoms with Gasteiger partial charge in [0.15, 0.2) is 0 Å². The fraction of sp³-hybridized carbons (Fsp3) is 0.409. The minimum Gasteiger partial charge on any atom is -0.487 e. The van der Waals surface area contributed by atoms with E-state index >= 15 is 0 Å². The van der Waals surface area contributed by atoms with Gasteiger partial charge in [0.05, 0.1) is 0 Å². The maximum absolute atomic E-state index is 11.7. The van der Waals surface area contributed by atoms with E-state index in [1.807, 2.05) is 24.0 Å². The molecule has 1 aliphatic rings. The van der Waals surface area contributed by atoms with Crippen LogP contribution in [0.1, 0.15) is 44.4 Å². The summed E-state index contributed by atoms with van der Waals surface area (Å²) in [7, 11) is 0. The highest BCUT2D eigenvalue weighted by Gasteiger charge is 2.31. The molecule has 0 aliphatic carbocycles. The number of para-hydroxylation sites is 2. The van der Waals surface area contributed by atoms with Gasteiger partial charge in [-0.1, -0.05) is 36.4 Å². The smallest absolute Gasteiger partial charge is 0.219 e. The molecular formula is C22H28N2O2. The molecule has 0 saturated heterocycles. The molecule has 0 saturated carbocycles. The Morgan fingerprint density at radius 2 is 1.88 bits per heavy atom. The molecular weight excluding hydrogens is 324 g/mol. The summed E-state index contributed by atoms with van der Waals surface area (Å²) in [5.74, 6) is 1.11. The number of nitrogens with one attached hydrogen (secondary N) is 1.